The van der Waals surface area contributed by atoms with E-state index in [9.17, 15) is 9.18 Å². The van der Waals surface area contributed by atoms with Gasteiger partial charge in [-0.2, -0.15) is 0 Å². The molecule has 0 saturated carbocycles. The first-order valence-corrected chi connectivity index (χ1v) is 6.74. The maximum Gasteiger partial charge on any atom is 0.257 e. The molecule has 104 valence electrons. The Kier molecular flexibility index (Phi) is 4.68. The highest BCUT2D eigenvalue weighted by atomic mass is 79.9. The number of ether oxygens (including phenoxy) is 1. The van der Waals surface area contributed by atoms with Gasteiger partial charge in [0.2, 0.25) is 0 Å². The molecule has 20 heavy (non-hydrogen) atoms. The zero-order chi connectivity index (χ0) is 14.5. The minimum atomic E-state index is -0.420. The smallest absolute Gasteiger partial charge is 0.257 e. The maximum absolute atomic E-state index is 13.2. The van der Waals surface area contributed by atoms with Crippen molar-refractivity contribution in [3.63, 3.8) is 0 Å². The van der Waals surface area contributed by atoms with Gasteiger partial charge in [-0.15, -0.1) is 0 Å². The van der Waals surface area contributed by atoms with Crippen LogP contribution in [0.2, 0.25) is 0 Å². The fraction of sp³-hybridized carbons (Fsp3) is 0.143. The van der Waals surface area contributed by atoms with E-state index in [-0.39, 0.29) is 5.91 Å². The molecular weight excluding hydrogens is 327 g/mol. The van der Waals surface area contributed by atoms with Gasteiger partial charge in [-0.25, -0.2) is 9.37 Å². The van der Waals surface area contributed by atoms with Gasteiger partial charge in [-0.1, -0.05) is 0 Å². The van der Waals surface area contributed by atoms with Crippen LogP contribution in [0.1, 0.15) is 17.3 Å². The number of anilines is 1. The Morgan fingerprint density at radius 2 is 2.20 bits per heavy atom. The predicted molar refractivity (Wildman–Crippen MR) is 77.5 cm³/mol. The number of nitrogens with zero attached hydrogens (tertiary/aromatic N) is 1. The number of halogens is 2. The van der Waals surface area contributed by atoms with E-state index in [2.05, 4.69) is 26.2 Å². The van der Waals surface area contributed by atoms with E-state index in [0.29, 0.717) is 28.2 Å². The molecule has 1 aromatic heterocycles. The monoisotopic (exact) mass is 338 g/mol. The van der Waals surface area contributed by atoms with Gasteiger partial charge in [0.25, 0.3) is 5.91 Å². The summed E-state index contributed by atoms with van der Waals surface area (Å²) in [5.41, 5.74) is 0.821. The van der Waals surface area contributed by atoms with Crippen molar-refractivity contribution in [1.29, 1.82) is 0 Å². The van der Waals surface area contributed by atoms with E-state index in [4.69, 9.17) is 4.74 Å². The van der Waals surface area contributed by atoms with Crippen LogP contribution in [0.25, 0.3) is 0 Å². The topological polar surface area (TPSA) is 51.2 Å². The van der Waals surface area contributed by atoms with E-state index < -0.39 is 5.82 Å². The highest BCUT2D eigenvalue weighted by Crippen LogP contribution is 2.26. The molecular formula is C14H12BrFN2O2. The summed E-state index contributed by atoms with van der Waals surface area (Å²) in [4.78, 5) is 16.0. The normalized spacial score (nSPS) is 10.2. The summed E-state index contributed by atoms with van der Waals surface area (Å²) in [5.74, 6) is -0.458. The molecule has 0 spiro atoms. The lowest BCUT2D eigenvalue weighted by atomic mass is 10.2. The minimum absolute atomic E-state index is 0.297. The predicted octanol–water partition coefficient (Wildman–Crippen LogP) is 3.63. The average molecular weight is 339 g/mol. The largest absolute Gasteiger partial charge is 0.492 e. The van der Waals surface area contributed by atoms with E-state index in [1.165, 1.54) is 24.4 Å². The molecule has 4 nitrogen and oxygen atoms in total. The van der Waals surface area contributed by atoms with Crippen molar-refractivity contribution in [3.8, 4) is 5.75 Å². The first-order valence-electron chi connectivity index (χ1n) is 5.95. The lowest BCUT2D eigenvalue weighted by Crippen LogP contribution is -2.13. The van der Waals surface area contributed by atoms with E-state index >= 15 is 0 Å². The third-order valence-electron chi connectivity index (χ3n) is 2.48. The van der Waals surface area contributed by atoms with Crippen molar-refractivity contribution >= 4 is 27.5 Å². The first kappa shape index (κ1) is 14.5. The van der Waals surface area contributed by atoms with E-state index in [1.807, 2.05) is 0 Å². The van der Waals surface area contributed by atoms with Gasteiger partial charge < -0.3 is 10.1 Å². The maximum atomic E-state index is 13.2. The molecule has 1 N–H and O–H groups in total. The number of nitrogens with one attached hydrogen (secondary N) is 1. The molecule has 6 heteroatoms. The Balaban J connectivity index is 2.21. The number of pyridine rings is 1. The molecule has 0 bridgehead atoms. The molecule has 0 unspecified atom stereocenters. The lowest BCUT2D eigenvalue weighted by Gasteiger charge is -2.11. The Labute approximate surface area is 124 Å². The van der Waals surface area contributed by atoms with Gasteiger partial charge in [0, 0.05) is 12.3 Å². The molecule has 0 aliphatic rings. The second-order valence-corrected chi connectivity index (χ2v) is 4.71. The Morgan fingerprint density at radius 1 is 1.40 bits per heavy atom. The van der Waals surface area contributed by atoms with Crippen LogP contribution >= 0.6 is 15.9 Å². The third kappa shape index (κ3) is 3.54. The lowest BCUT2D eigenvalue weighted by molar-refractivity contribution is 0.102. The van der Waals surface area contributed by atoms with Gasteiger partial charge in [-0.05, 0) is 47.1 Å². The summed E-state index contributed by atoms with van der Waals surface area (Å²) in [6.45, 7) is 2.17. The Bertz CT molecular complexity index is 617. The quantitative estimate of drug-likeness (QED) is 0.866. The summed E-state index contributed by atoms with van der Waals surface area (Å²) in [6.07, 6.45) is 1.45. The molecule has 0 aliphatic heterocycles. The SMILES string of the molecule is CCOc1cc(F)ccc1NC(=O)c1ccc(Br)nc1. The molecule has 2 rings (SSSR count). The number of carbonyl (C=O) groups excluding carboxylic acids is 1. The van der Waals surface area contributed by atoms with Crippen LogP contribution in [-0.4, -0.2) is 17.5 Å². The van der Waals surface area contributed by atoms with Crippen molar-refractivity contribution in [2.75, 3.05) is 11.9 Å². The number of amides is 1. The van der Waals surface area contributed by atoms with Crippen molar-refractivity contribution in [2.24, 2.45) is 0 Å². The second-order valence-electron chi connectivity index (χ2n) is 3.90. The van der Waals surface area contributed by atoms with Crippen molar-refractivity contribution in [2.45, 2.75) is 6.92 Å². The molecule has 0 atom stereocenters. The summed E-state index contributed by atoms with van der Waals surface area (Å²) >= 11 is 3.20. The molecule has 2 aromatic rings. The van der Waals surface area contributed by atoms with Crippen LogP contribution in [0, 0.1) is 5.82 Å². The van der Waals surface area contributed by atoms with Gasteiger partial charge in [0.1, 0.15) is 16.2 Å². The van der Waals surface area contributed by atoms with E-state index in [0.717, 1.165) is 0 Å². The van der Waals surface area contributed by atoms with Crippen LogP contribution in [0.3, 0.4) is 0 Å². The number of hydrogen-bond acceptors (Lipinski definition) is 3. The third-order valence-corrected chi connectivity index (χ3v) is 2.95. The van der Waals surface area contributed by atoms with Gasteiger partial charge in [-0.3, -0.25) is 4.79 Å². The van der Waals surface area contributed by atoms with Crippen molar-refractivity contribution in [3.05, 3.63) is 52.5 Å². The zero-order valence-corrected chi connectivity index (χ0v) is 12.3. The van der Waals surface area contributed by atoms with Crippen LogP contribution in [-0.2, 0) is 0 Å². The highest BCUT2D eigenvalue weighted by Gasteiger charge is 2.11. The molecule has 1 heterocycles. The molecule has 0 saturated heterocycles. The Hall–Kier alpha value is -1.95. The number of carbonyl (C=O) groups is 1. The minimum Gasteiger partial charge on any atom is -0.492 e. The average Bonchev–Trinajstić information content (AvgIpc) is 2.43. The summed E-state index contributed by atoms with van der Waals surface area (Å²) in [5, 5.41) is 2.67. The van der Waals surface area contributed by atoms with Gasteiger partial charge in [0.15, 0.2) is 0 Å². The number of aromatic nitrogens is 1. The zero-order valence-electron chi connectivity index (χ0n) is 10.7. The highest BCUT2D eigenvalue weighted by molar-refractivity contribution is 9.10. The summed E-state index contributed by atoms with van der Waals surface area (Å²) < 4.78 is 19.1. The number of hydrogen-bond donors (Lipinski definition) is 1. The fourth-order valence-corrected chi connectivity index (χ4v) is 1.81. The van der Waals surface area contributed by atoms with Crippen molar-refractivity contribution in [1.82, 2.24) is 4.98 Å². The summed E-state index contributed by atoms with van der Waals surface area (Å²) in [6, 6.07) is 7.26. The van der Waals surface area contributed by atoms with Crippen LogP contribution in [0.4, 0.5) is 10.1 Å². The molecule has 0 fully saturated rings. The second kappa shape index (κ2) is 6.47. The Morgan fingerprint density at radius 3 is 2.85 bits per heavy atom. The molecule has 1 aromatic carbocycles. The standard InChI is InChI=1S/C14H12BrFN2O2/c1-2-20-12-7-10(16)4-5-11(12)18-14(19)9-3-6-13(15)17-8-9/h3-8H,2H2,1H3,(H,18,19). The summed E-state index contributed by atoms with van der Waals surface area (Å²) in [7, 11) is 0. The molecule has 0 radical (unpaired) electrons. The molecule has 1 amide bonds. The van der Waals surface area contributed by atoms with Gasteiger partial charge >= 0.3 is 0 Å². The molecule has 0 aliphatic carbocycles. The first-order chi connectivity index (χ1) is 9.60. The van der Waals surface area contributed by atoms with E-state index in [1.54, 1.807) is 19.1 Å². The van der Waals surface area contributed by atoms with Crippen molar-refractivity contribution < 1.29 is 13.9 Å². The fourth-order valence-electron chi connectivity index (χ4n) is 1.58. The number of benzene rings is 1. The van der Waals surface area contributed by atoms with Crippen LogP contribution in [0.5, 0.6) is 5.75 Å². The van der Waals surface area contributed by atoms with Crippen LogP contribution in [0.15, 0.2) is 41.1 Å². The van der Waals surface area contributed by atoms with Gasteiger partial charge in [0.05, 0.1) is 17.9 Å². The number of rotatable bonds is 4. The van der Waals surface area contributed by atoms with Crippen LogP contribution < -0.4 is 10.1 Å².